The molecule has 2 heterocycles. The van der Waals surface area contributed by atoms with Gasteiger partial charge in [0.05, 0.1) is 0 Å². The summed E-state index contributed by atoms with van der Waals surface area (Å²) in [7, 11) is 1.61. The van der Waals surface area contributed by atoms with E-state index >= 15 is 0 Å². The molecule has 0 radical (unpaired) electrons. The number of aryl methyl sites for hydroxylation is 2. The molecule has 0 atom stereocenters. The molecule has 0 aromatic carbocycles. The van der Waals surface area contributed by atoms with Crippen LogP contribution in [0.25, 0.3) is 11.2 Å². The molecule has 0 spiro atoms. The standard InChI is InChI=1S/C20H34N6O2/c1-5-7-9-10-11-12-14-26-16-17(25(4)20(28)22-18(16)27)21-19(26)24-23-15(3)13-8-6-2/h5-14H2,1-4H3,(H,21,24)(H,22,27,28)/b23-15-. The lowest BCUT2D eigenvalue weighted by molar-refractivity contribution is 0.565. The summed E-state index contributed by atoms with van der Waals surface area (Å²) >= 11 is 0. The second-order valence-electron chi connectivity index (χ2n) is 7.41. The number of nitrogens with zero attached hydrogens (tertiary/aromatic N) is 4. The van der Waals surface area contributed by atoms with E-state index in [0.717, 1.165) is 37.8 Å². The smallest absolute Gasteiger partial charge is 0.303 e. The zero-order chi connectivity index (χ0) is 20.5. The molecule has 0 saturated carbocycles. The van der Waals surface area contributed by atoms with Crippen molar-refractivity contribution in [2.24, 2.45) is 12.1 Å². The maximum absolute atomic E-state index is 12.4. The number of anilines is 1. The van der Waals surface area contributed by atoms with Crippen LogP contribution in [0.1, 0.15) is 78.6 Å². The molecule has 156 valence electrons. The van der Waals surface area contributed by atoms with Gasteiger partial charge in [-0.3, -0.25) is 14.3 Å². The summed E-state index contributed by atoms with van der Waals surface area (Å²) in [5, 5.41) is 4.42. The van der Waals surface area contributed by atoms with Crippen molar-refractivity contribution in [3.05, 3.63) is 20.8 Å². The second-order valence-corrected chi connectivity index (χ2v) is 7.41. The average molecular weight is 391 g/mol. The molecule has 0 unspecified atom stereocenters. The fraction of sp³-hybridized carbons (Fsp3) is 0.700. The third kappa shape index (κ3) is 5.56. The molecule has 2 rings (SSSR count). The first-order chi connectivity index (χ1) is 13.5. The summed E-state index contributed by atoms with van der Waals surface area (Å²) in [5.41, 5.74) is 3.93. The average Bonchev–Trinajstić information content (AvgIpc) is 3.04. The van der Waals surface area contributed by atoms with Crippen LogP contribution in [-0.2, 0) is 13.6 Å². The Labute approximate surface area is 166 Å². The molecule has 0 saturated heterocycles. The van der Waals surface area contributed by atoms with Crippen LogP contribution in [0, 0.1) is 0 Å². The van der Waals surface area contributed by atoms with Gasteiger partial charge in [0.2, 0.25) is 5.95 Å². The molecule has 8 heteroatoms. The molecule has 0 amide bonds. The third-order valence-corrected chi connectivity index (χ3v) is 4.98. The highest BCUT2D eigenvalue weighted by Crippen LogP contribution is 2.17. The molecule has 8 nitrogen and oxygen atoms in total. The Balaban J connectivity index is 2.28. The van der Waals surface area contributed by atoms with Crippen LogP contribution in [0.3, 0.4) is 0 Å². The van der Waals surface area contributed by atoms with E-state index in [4.69, 9.17) is 0 Å². The lowest BCUT2D eigenvalue weighted by atomic mass is 10.1. The molecular weight excluding hydrogens is 356 g/mol. The van der Waals surface area contributed by atoms with E-state index in [1.807, 2.05) is 11.5 Å². The first kappa shape index (κ1) is 21.9. The molecule has 2 aromatic rings. The first-order valence-corrected chi connectivity index (χ1v) is 10.5. The van der Waals surface area contributed by atoms with Crippen molar-refractivity contribution in [2.75, 3.05) is 5.43 Å². The van der Waals surface area contributed by atoms with Gasteiger partial charge in [-0.05, 0) is 26.2 Å². The van der Waals surface area contributed by atoms with E-state index < -0.39 is 11.2 Å². The minimum Gasteiger partial charge on any atom is -0.303 e. The number of nitrogens with one attached hydrogen (secondary N) is 2. The number of aromatic nitrogens is 4. The molecule has 0 aliphatic carbocycles. The van der Waals surface area contributed by atoms with Crippen LogP contribution >= 0.6 is 0 Å². The Morgan fingerprint density at radius 2 is 1.75 bits per heavy atom. The predicted octanol–water partition coefficient (Wildman–Crippen LogP) is 3.76. The minimum absolute atomic E-state index is 0.378. The van der Waals surface area contributed by atoms with Gasteiger partial charge in [-0.1, -0.05) is 52.4 Å². The predicted molar refractivity (Wildman–Crippen MR) is 115 cm³/mol. The quantitative estimate of drug-likeness (QED) is 0.327. The highest BCUT2D eigenvalue weighted by Gasteiger charge is 2.17. The zero-order valence-corrected chi connectivity index (χ0v) is 17.7. The van der Waals surface area contributed by atoms with Gasteiger partial charge in [0.15, 0.2) is 11.2 Å². The van der Waals surface area contributed by atoms with Crippen LogP contribution < -0.4 is 16.7 Å². The molecule has 0 aliphatic heterocycles. The van der Waals surface area contributed by atoms with Gasteiger partial charge in [0.1, 0.15) is 0 Å². The maximum atomic E-state index is 12.4. The van der Waals surface area contributed by atoms with E-state index in [1.165, 1.54) is 30.3 Å². The number of unbranched alkanes of at least 4 members (excludes halogenated alkanes) is 6. The molecule has 28 heavy (non-hydrogen) atoms. The van der Waals surface area contributed by atoms with E-state index in [9.17, 15) is 9.59 Å². The Hall–Kier alpha value is -2.38. The van der Waals surface area contributed by atoms with Gasteiger partial charge < -0.3 is 4.57 Å². The Morgan fingerprint density at radius 3 is 2.46 bits per heavy atom. The van der Waals surface area contributed by atoms with Gasteiger partial charge in [0, 0.05) is 19.3 Å². The van der Waals surface area contributed by atoms with Gasteiger partial charge in [-0.15, -0.1) is 0 Å². The van der Waals surface area contributed by atoms with E-state index in [-0.39, 0.29) is 0 Å². The number of H-pyrrole nitrogens is 1. The minimum atomic E-state index is -0.462. The number of fused-ring (bicyclic) bond motifs is 1. The summed E-state index contributed by atoms with van der Waals surface area (Å²) in [6.07, 6.45) is 10.1. The number of hydrazone groups is 1. The van der Waals surface area contributed by atoms with Crippen molar-refractivity contribution in [1.82, 2.24) is 19.1 Å². The SMILES string of the molecule is CCCCCCCCn1c(N/N=C(/C)CCCC)nc2c1c(=O)[nH]c(=O)n2C. The number of hydrogen-bond donors (Lipinski definition) is 2. The molecule has 0 bridgehead atoms. The number of hydrogen-bond acceptors (Lipinski definition) is 5. The van der Waals surface area contributed by atoms with Gasteiger partial charge in [0.25, 0.3) is 5.56 Å². The number of rotatable bonds is 12. The summed E-state index contributed by atoms with van der Waals surface area (Å²) < 4.78 is 3.22. The van der Waals surface area contributed by atoms with Gasteiger partial charge in [-0.25, -0.2) is 10.2 Å². The van der Waals surface area contributed by atoms with E-state index in [2.05, 4.69) is 34.3 Å². The van der Waals surface area contributed by atoms with Crippen molar-refractivity contribution in [3.8, 4) is 0 Å². The number of aromatic amines is 1. The topological polar surface area (TPSA) is 97.1 Å². The van der Waals surface area contributed by atoms with Crippen molar-refractivity contribution < 1.29 is 0 Å². The van der Waals surface area contributed by atoms with Crippen LogP contribution in [0.4, 0.5) is 5.95 Å². The van der Waals surface area contributed by atoms with Crippen LogP contribution in [0.15, 0.2) is 14.7 Å². The first-order valence-electron chi connectivity index (χ1n) is 10.5. The highest BCUT2D eigenvalue weighted by atomic mass is 16.2. The molecule has 2 N–H and O–H groups in total. The summed E-state index contributed by atoms with van der Waals surface area (Å²) in [4.78, 5) is 31.3. The fourth-order valence-electron chi connectivity index (χ4n) is 3.22. The van der Waals surface area contributed by atoms with Gasteiger partial charge in [-0.2, -0.15) is 10.1 Å². The Morgan fingerprint density at radius 1 is 1.07 bits per heavy atom. The lowest BCUT2D eigenvalue weighted by Crippen LogP contribution is -2.29. The molecule has 0 fully saturated rings. The largest absolute Gasteiger partial charge is 0.329 e. The summed E-state index contributed by atoms with van der Waals surface area (Å²) in [5.74, 6) is 0.506. The van der Waals surface area contributed by atoms with Gasteiger partial charge >= 0.3 is 5.69 Å². The van der Waals surface area contributed by atoms with Crippen LogP contribution in [0.2, 0.25) is 0 Å². The fourth-order valence-corrected chi connectivity index (χ4v) is 3.22. The van der Waals surface area contributed by atoms with Crippen LogP contribution in [0.5, 0.6) is 0 Å². The molecule has 0 aliphatic rings. The van der Waals surface area contributed by atoms with Crippen molar-refractivity contribution in [2.45, 2.75) is 85.1 Å². The van der Waals surface area contributed by atoms with E-state index in [1.54, 1.807) is 7.05 Å². The van der Waals surface area contributed by atoms with Crippen LogP contribution in [-0.4, -0.2) is 24.8 Å². The molecule has 2 aromatic heterocycles. The Kier molecular flexibility index (Phi) is 8.47. The summed E-state index contributed by atoms with van der Waals surface area (Å²) in [6.45, 7) is 6.99. The van der Waals surface area contributed by atoms with E-state index in [0.29, 0.717) is 23.7 Å². The normalized spacial score (nSPS) is 12.1. The summed E-state index contributed by atoms with van der Waals surface area (Å²) in [6, 6.07) is 0. The van der Waals surface area contributed by atoms with Crippen molar-refractivity contribution >= 4 is 22.8 Å². The van der Waals surface area contributed by atoms with Crippen molar-refractivity contribution in [1.29, 1.82) is 0 Å². The maximum Gasteiger partial charge on any atom is 0.329 e. The second kappa shape index (κ2) is 10.8. The zero-order valence-electron chi connectivity index (χ0n) is 17.7. The Bertz CT molecular complexity index is 906. The third-order valence-electron chi connectivity index (χ3n) is 4.98. The van der Waals surface area contributed by atoms with Crippen molar-refractivity contribution in [3.63, 3.8) is 0 Å². The highest BCUT2D eigenvalue weighted by molar-refractivity contribution is 5.82. The number of imidazole rings is 1. The molecular formula is C20H34N6O2. The lowest BCUT2D eigenvalue weighted by Gasteiger charge is -2.09. The monoisotopic (exact) mass is 390 g/mol.